The second-order valence-corrected chi connectivity index (χ2v) is 13.5. The van der Waals surface area contributed by atoms with Crippen LogP contribution < -0.4 is 4.39 Å². The number of hydrogen-bond acceptors (Lipinski definition) is 3. The summed E-state index contributed by atoms with van der Waals surface area (Å²) in [5.74, 6) is 0. The second-order valence-electron chi connectivity index (χ2n) is 6.12. The lowest BCUT2D eigenvalue weighted by Crippen LogP contribution is -2.54. The molecule has 1 heterocycles. The van der Waals surface area contributed by atoms with Crippen LogP contribution in [-0.4, -0.2) is 26.4 Å². The molecular formula is C11H22ClN3O2SSi. The van der Waals surface area contributed by atoms with E-state index in [1.165, 1.54) is 10.9 Å². The summed E-state index contributed by atoms with van der Waals surface area (Å²) in [6.45, 7) is 12.5. The first kappa shape index (κ1) is 16.7. The third-order valence-corrected chi connectivity index (χ3v) is 11.6. The summed E-state index contributed by atoms with van der Waals surface area (Å²) < 4.78 is 29.2. The van der Waals surface area contributed by atoms with Crippen LogP contribution in [-0.2, 0) is 16.6 Å². The molecular weight excluding hydrogens is 302 g/mol. The van der Waals surface area contributed by atoms with E-state index in [0.29, 0.717) is 6.54 Å². The van der Waals surface area contributed by atoms with Crippen LogP contribution in [0.5, 0.6) is 0 Å². The quantitative estimate of drug-likeness (QED) is 0.866. The Morgan fingerprint density at radius 3 is 2.32 bits per heavy atom. The first-order valence-electron chi connectivity index (χ1n) is 6.17. The maximum Gasteiger partial charge on any atom is 0.255 e. The summed E-state index contributed by atoms with van der Waals surface area (Å²) >= 11 is 5.96. The zero-order chi connectivity index (χ0) is 15.1. The van der Waals surface area contributed by atoms with Gasteiger partial charge in [0.1, 0.15) is 8.24 Å². The maximum absolute atomic E-state index is 12.4. The van der Waals surface area contributed by atoms with Gasteiger partial charge in [0, 0.05) is 12.7 Å². The minimum Gasteiger partial charge on any atom is -0.270 e. The number of hydrogen-bond donors (Lipinski definition) is 1. The van der Waals surface area contributed by atoms with E-state index < -0.39 is 18.3 Å². The molecule has 0 amide bonds. The SMILES string of the molecule is CCn1cc(Cl)c(S(=O)(=O)N[Si](C)(C)C(C)(C)C)n1. The lowest BCUT2D eigenvalue weighted by Gasteiger charge is -2.36. The fourth-order valence-electron chi connectivity index (χ4n) is 1.26. The molecule has 0 saturated heterocycles. The fraction of sp³-hybridized carbons (Fsp3) is 0.727. The molecule has 0 atom stereocenters. The van der Waals surface area contributed by atoms with Crippen LogP contribution in [0.15, 0.2) is 11.2 Å². The van der Waals surface area contributed by atoms with Crippen molar-refractivity contribution in [3.8, 4) is 0 Å². The zero-order valence-electron chi connectivity index (χ0n) is 12.3. The van der Waals surface area contributed by atoms with Gasteiger partial charge in [-0.15, -0.1) is 0 Å². The molecule has 1 aromatic rings. The molecule has 0 aliphatic carbocycles. The molecule has 0 bridgehead atoms. The molecule has 0 saturated carbocycles. The van der Waals surface area contributed by atoms with Gasteiger partial charge in [0.2, 0.25) is 5.03 Å². The van der Waals surface area contributed by atoms with Gasteiger partial charge in [0.25, 0.3) is 10.0 Å². The lowest BCUT2D eigenvalue weighted by molar-refractivity contribution is 0.575. The van der Waals surface area contributed by atoms with Gasteiger partial charge in [-0.25, -0.2) is 12.8 Å². The van der Waals surface area contributed by atoms with Crippen LogP contribution in [0.4, 0.5) is 0 Å². The van der Waals surface area contributed by atoms with Crippen molar-refractivity contribution in [2.45, 2.75) is 57.4 Å². The predicted octanol–water partition coefficient (Wildman–Crippen LogP) is 2.84. The van der Waals surface area contributed by atoms with Gasteiger partial charge in [-0.2, -0.15) is 5.10 Å². The number of sulfonamides is 1. The molecule has 1 N–H and O–H groups in total. The molecule has 0 unspecified atom stereocenters. The molecule has 1 rings (SSSR count). The Bertz CT molecular complexity index is 561. The molecule has 110 valence electrons. The van der Waals surface area contributed by atoms with Crippen LogP contribution in [0, 0.1) is 0 Å². The van der Waals surface area contributed by atoms with Gasteiger partial charge < -0.3 is 0 Å². The topological polar surface area (TPSA) is 64.0 Å². The Hall–Kier alpha value is -0.373. The molecule has 0 radical (unpaired) electrons. The van der Waals surface area contributed by atoms with Crippen LogP contribution in [0.3, 0.4) is 0 Å². The number of aryl methyl sites for hydroxylation is 1. The lowest BCUT2D eigenvalue weighted by atomic mass is 10.2. The number of aromatic nitrogens is 2. The van der Waals surface area contributed by atoms with E-state index >= 15 is 0 Å². The second kappa shape index (κ2) is 5.20. The van der Waals surface area contributed by atoms with Crippen LogP contribution in [0.2, 0.25) is 23.2 Å². The molecule has 0 aromatic carbocycles. The van der Waals surface area contributed by atoms with Crippen molar-refractivity contribution in [1.82, 2.24) is 14.2 Å². The number of rotatable bonds is 4. The molecule has 5 nitrogen and oxygen atoms in total. The first-order valence-corrected chi connectivity index (χ1v) is 11.0. The van der Waals surface area contributed by atoms with Crippen molar-refractivity contribution in [1.29, 1.82) is 0 Å². The zero-order valence-corrected chi connectivity index (χ0v) is 14.9. The number of nitrogens with zero attached hydrogens (tertiary/aromatic N) is 2. The van der Waals surface area contributed by atoms with E-state index in [1.807, 2.05) is 40.8 Å². The predicted molar refractivity (Wildman–Crippen MR) is 80.4 cm³/mol. The fourth-order valence-corrected chi connectivity index (χ4v) is 6.54. The summed E-state index contributed by atoms with van der Waals surface area (Å²) in [6, 6.07) is 0. The van der Waals surface area contributed by atoms with E-state index in [0.717, 1.165) is 0 Å². The summed E-state index contributed by atoms with van der Waals surface area (Å²) in [7, 11) is -5.87. The van der Waals surface area contributed by atoms with Gasteiger partial charge in [0.15, 0.2) is 0 Å². The minimum atomic E-state index is -3.67. The average Bonchev–Trinajstić information content (AvgIpc) is 2.57. The largest absolute Gasteiger partial charge is 0.270 e. The summed E-state index contributed by atoms with van der Waals surface area (Å²) in [5.41, 5.74) is 0. The highest BCUT2D eigenvalue weighted by molar-refractivity contribution is 7.91. The van der Waals surface area contributed by atoms with Crippen LogP contribution >= 0.6 is 11.6 Å². The standard InChI is InChI=1S/C11H22ClN3O2SSi/c1-7-15-8-9(12)10(13-15)18(16,17)14-19(5,6)11(2,3)4/h8,14H,7H2,1-6H3. The highest BCUT2D eigenvalue weighted by Crippen LogP contribution is 2.35. The Morgan fingerprint density at radius 2 is 1.95 bits per heavy atom. The highest BCUT2D eigenvalue weighted by atomic mass is 35.5. The van der Waals surface area contributed by atoms with Crippen LogP contribution in [0.1, 0.15) is 27.7 Å². The normalized spacial score (nSPS) is 13.8. The van der Waals surface area contributed by atoms with Crippen molar-refractivity contribution < 1.29 is 8.42 Å². The molecule has 0 aliphatic heterocycles. The Morgan fingerprint density at radius 1 is 1.42 bits per heavy atom. The highest BCUT2D eigenvalue weighted by Gasteiger charge is 2.40. The van der Waals surface area contributed by atoms with Crippen molar-refractivity contribution in [3.05, 3.63) is 11.2 Å². The maximum atomic E-state index is 12.4. The Labute approximate surface area is 121 Å². The van der Waals surface area contributed by atoms with Crippen LogP contribution in [0.25, 0.3) is 0 Å². The number of nitrogens with one attached hydrogen (secondary N) is 1. The van der Waals surface area contributed by atoms with Crippen molar-refractivity contribution in [2.75, 3.05) is 0 Å². The van der Waals surface area contributed by atoms with E-state index in [9.17, 15) is 8.42 Å². The van der Waals surface area contributed by atoms with Gasteiger partial charge in [-0.1, -0.05) is 45.5 Å². The van der Waals surface area contributed by atoms with E-state index in [1.54, 1.807) is 0 Å². The minimum absolute atomic E-state index is 0.0826. The smallest absolute Gasteiger partial charge is 0.255 e. The third-order valence-electron chi connectivity index (χ3n) is 3.53. The third kappa shape index (κ3) is 3.59. The van der Waals surface area contributed by atoms with Gasteiger partial charge >= 0.3 is 0 Å². The molecule has 1 aromatic heterocycles. The van der Waals surface area contributed by atoms with Gasteiger partial charge in [-0.3, -0.25) is 4.68 Å². The summed E-state index contributed by atoms with van der Waals surface area (Å²) in [4.78, 5) is 0. The molecule has 0 aliphatic rings. The molecule has 0 fully saturated rings. The van der Waals surface area contributed by atoms with E-state index in [2.05, 4.69) is 9.49 Å². The van der Waals surface area contributed by atoms with Gasteiger partial charge in [-0.05, 0) is 12.0 Å². The van der Waals surface area contributed by atoms with Crippen molar-refractivity contribution in [2.24, 2.45) is 0 Å². The molecule has 0 spiro atoms. The average molecular weight is 324 g/mol. The van der Waals surface area contributed by atoms with E-state index in [-0.39, 0.29) is 15.1 Å². The van der Waals surface area contributed by atoms with Crippen molar-refractivity contribution >= 4 is 29.9 Å². The summed E-state index contributed by atoms with van der Waals surface area (Å²) in [6.07, 6.45) is 1.53. The number of halogens is 1. The molecule has 19 heavy (non-hydrogen) atoms. The first-order chi connectivity index (χ1) is 8.40. The molecule has 8 heteroatoms. The van der Waals surface area contributed by atoms with E-state index in [4.69, 9.17) is 11.6 Å². The monoisotopic (exact) mass is 323 g/mol. The summed E-state index contributed by atoms with van der Waals surface area (Å²) in [5, 5.41) is 4.00. The Balaban J connectivity index is 3.15. The Kier molecular flexibility index (Phi) is 4.56. The van der Waals surface area contributed by atoms with Crippen molar-refractivity contribution in [3.63, 3.8) is 0 Å². The van der Waals surface area contributed by atoms with Gasteiger partial charge in [0.05, 0.1) is 5.02 Å².